The number of benzene rings is 1. The van der Waals surface area contributed by atoms with Gasteiger partial charge in [0, 0.05) is 0 Å². The maximum atomic E-state index is 11.2. The molecule has 0 aliphatic carbocycles. The quantitative estimate of drug-likeness (QED) is 0.545. The van der Waals surface area contributed by atoms with Crippen molar-refractivity contribution in [2.45, 2.75) is 31.1 Å². The average Bonchev–Trinajstić information content (AvgIpc) is 2.93. The minimum Gasteiger partial charge on any atom is -0.478 e. The fourth-order valence-corrected chi connectivity index (χ4v) is 2.92. The molecule has 1 aromatic carbocycles. The van der Waals surface area contributed by atoms with E-state index >= 15 is 0 Å². The number of carboxylic acids is 1. The number of anilines is 2. The Kier molecular flexibility index (Phi) is 2.48. The van der Waals surface area contributed by atoms with Crippen molar-refractivity contribution in [2.75, 3.05) is 17.2 Å². The van der Waals surface area contributed by atoms with Gasteiger partial charge in [-0.05, 0) is 38.4 Å². The molecule has 0 aromatic heterocycles. The average molecular weight is 262 g/mol. The van der Waals surface area contributed by atoms with Gasteiger partial charge in [-0.15, -0.1) is 0 Å². The molecule has 0 radical (unpaired) electrons. The van der Waals surface area contributed by atoms with Crippen LogP contribution in [0.3, 0.4) is 0 Å². The summed E-state index contributed by atoms with van der Waals surface area (Å²) < 4.78 is 0. The standard InChI is InChI=1S/C13H18N4O2/c1-12(6-3-7-15-12)13(14)16-9-5-2-4-8(11(18)19)10(9)17-13/h2,4-5,15-17H,3,6-7,14H2,1H3,(H,18,19)/t12-,13?/m1/s1. The number of carboxylic acid groups (broad SMARTS) is 1. The number of aromatic carboxylic acids is 1. The molecule has 2 heterocycles. The number of carbonyl (C=O) groups is 1. The summed E-state index contributed by atoms with van der Waals surface area (Å²) in [5.41, 5.74) is 7.65. The molecule has 6 nitrogen and oxygen atoms in total. The molecular formula is C13H18N4O2. The molecule has 2 aliphatic heterocycles. The zero-order valence-corrected chi connectivity index (χ0v) is 10.8. The Morgan fingerprint density at radius 3 is 2.84 bits per heavy atom. The maximum absolute atomic E-state index is 11.2. The third kappa shape index (κ3) is 1.67. The van der Waals surface area contributed by atoms with Crippen molar-refractivity contribution < 1.29 is 9.90 Å². The Labute approximate surface area is 111 Å². The monoisotopic (exact) mass is 262 g/mol. The van der Waals surface area contributed by atoms with Crippen LogP contribution in [0.4, 0.5) is 11.4 Å². The highest BCUT2D eigenvalue weighted by molar-refractivity contribution is 5.99. The minimum atomic E-state index is -0.958. The second-order valence-electron chi connectivity index (χ2n) is 5.45. The Balaban J connectivity index is 2.00. The van der Waals surface area contributed by atoms with Crippen LogP contribution in [0.15, 0.2) is 18.2 Å². The van der Waals surface area contributed by atoms with Crippen molar-refractivity contribution in [3.63, 3.8) is 0 Å². The van der Waals surface area contributed by atoms with E-state index < -0.39 is 11.8 Å². The molecule has 1 saturated heterocycles. The van der Waals surface area contributed by atoms with Gasteiger partial charge in [0.05, 0.1) is 22.5 Å². The summed E-state index contributed by atoms with van der Waals surface area (Å²) in [5, 5.41) is 19.0. The highest BCUT2D eigenvalue weighted by Crippen LogP contribution is 2.41. The van der Waals surface area contributed by atoms with Gasteiger partial charge in [0.2, 0.25) is 0 Å². The highest BCUT2D eigenvalue weighted by Gasteiger charge is 2.51. The molecule has 2 atom stereocenters. The van der Waals surface area contributed by atoms with Crippen LogP contribution in [0.2, 0.25) is 0 Å². The third-order valence-corrected chi connectivity index (χ3v) is 4.19. The van der Waals surface area contributed by atoms with Crippen LogP contribution in [0.25, 0.3) is 0 Å². The Bertz CT molecular complexity index is 539. The maximum Gasteiger partial charge on any atom is 0.337 e. The highest BCUT2D eigenvalue weighted by atomic mass is 16.4. The summed E-state index contributed by atoms with van der Waals surface area (Å²) in [7, 11) is 0. The van der Waals surface area contributed by atoms with Crippen molar-refractivity contribution in [3.8, 4) is 0 Å². The lowest BCUT2D eigenvalue weighted by Crippen LogP contribution is -2.70. The molecule has 1 fully saturated rings. The van der Waals surface area contributed by atoms with Gasteiger partial charge < -0.3 is 21.1 Å². The van der Waals surface area contributed by atoms with Gasteiger partial charge in [0.15, 0.2) is 5.79 Å². The predicted octanol–water partition coefficient (Wildman–Crippen LogP) is 0.977. The molecule has 0 saturated carbocycles. The van der Waals surface area contributed by atoms with Gasteiger partial charge in [-0.3, -0.25) is 5.73 Å². The van der Waals surface area contributed by atoms with E-state index in [0.29, 0.717) is 5.69 Å². The summed E-state index contributed by atoms with van der Waals surface area (Å²) in [5.74, 6) is -1.84. The summed E-state index contributed by atoms with van der Waals surface area (Å²) in [6.45, 7) is 2.97. The fourth-order valence-electron chi connectivity index (χ4n) is 2.92. The summed E-state index contributed by atoms with van der Waals surface area (Å²) in [6, 6.07) is 5.13. The number of hydrogen-bond donors (Lipinski definition) is 5. The first-order chi connectivity index (χ1) is 8.95. The molecule has 6 N–H and O–H groups in total. The second kappa shape index (κ2) is 3.85. The van der Waals surface area contributed by atoms with E-state index in [1.165, 1.54) is 0 Å². The first kappa shape index (κ1) is 12.3. The van der Waals surface area contributed by atoms with Gasteiger partial charge in [-0.25, -0.2) is 4.79 Å². The lowest BCUT2D eigenvalue weighted by Gasteiger charge is -2.41. The number of para-hydroxylation sites is 1. The Morgan fingerprint density at radius 2 is 2.21 bits per heavy atom. The first-order valence-corrected chi connectivity index (χ1v) is 6.42. The van der Waals surface area contributed by atoms with Crippen LogP contribution >= 0.6 is 0 Å². The molecule has 0 amide bonds. The molecule has 19 heavy (non-hydrogen) atoms. The van der Waals surface area contributed by atoms with Crippen LogP contribution in [-0.4, -0.2) is 28.9 Å². The minimum absolute atomic E-state index is 0.235. The van der Waals surface area contributed by atoms with E-state index in [9.17, 15) is 9.90 Å². The smallest absolute Gasteiger partial charge is 0.337 e. The molecule has 6 heteroatoms. The van der Waals surface area contributed by atoms with E-state index in [2.05, 4.69) is 16.0 Å². The first-order valence-electron chi connectivity index (χ1n) is 6.42. The summed E-state index contributed by atoms with van der Waals surface area (Å²) in [4.78, 5) is 11.2. The topological polar surface area (TPSA) is 99.4 Å². The van der Waals surface area contributed by atoms with Crippen LogP contribution in [0.5, 0.6) is 0 Å². The molecular weight excluding hydrogens is 244 g/mol. The third-order valence-electron chi connectivity index (χ3n) is 4.19. The van der Waals surface area contributed by atoms with Crippen molar-refractivity contribution in [3.05, 3.63) is 23.8 Å². The predicted molar refractivity (Wildman–Crippen MR) is 73.2 cm³/mol. The molecule has 3 rings (SSSR count). The van der Waals surface area contributed by atoms with E-state index in [4.69, 9.17) is 5.73 Å². The normalized spacial score (nSPS) is 32.5. The lowest BCUT2D eigenvalue weighted by atomic mass is 9.91. The van der Waals surface area contributed by atoms with E-state index in [1.54, 1.807) is 12.1 Å². The summed E-state index contributed by atoms with van der Waals surface area (Å²) >= 11 is 0. The van der Waals surface area contributed by atoms with Crippen LogP contribution in [0.1, 0.15) is 30.1 Å². The zero-order valence-electron chi connectivity index (χ0n) is 10.8. The Hall–Kier alpha value is -1.79. The van der Waals surface area contributed by atoms with Gasteiger partial charge in [-0.2, -0.15) is 0 Å². The molecule has 0 bridgehead atoms. The molecule has 0 spiro atoms. The van der Waals surface area contributed by atoms with E-state index in [-0.39, 0.29) is 11.1 Å². The molecule has 102 valence electrons. The van der Waals surface area contributed by atoms with Crippen LogP contribution < -0.4 is 21.7 Å². The SMILES string of the molecule is C[C@]1(C2(N)Nc3cccc(C(=O)O)c3N2)CCCN1. The Morgan fingerprint density at radius 1 is 1.42 bits per heavy atom. The van der Waals surface area contributed by atoms with Crippen molar-refractivity contribution in [1.82, 2.24) is 5.32 Å². The van der Waals surface area contributed by atoms with Gasteiger partial charge in [0.25, 0.3) is 0 Å². The lowest BCUT2D eigenvalue weighted by molar-refractivity contribution is 0.0698. The number of nitrogens with two attached hydrogens (primary N) is 1. The van der Waals surface area contributed by atoms with Crippen molar-refractivity contribution in [1.29, 1.82) is 0 Å². The largest absolute Gasteiger partial charge is 0.478 e. The number of rotatable bonds is 2. The second-order valence-corrected chi connectivity index (χ2v) is 5.45. The van der Waals surface area contributed by atoms with E-state index in [0.717, 1.165) is 25.1 Å². The van der Waals surface area contributed by atoms with E-state index in [1.807, 2.05) is 13.0 Å². The van der Waals surface area contributed by atoms with Crippen molar-refractivity contribution >= 4 is 17.3 Å². The van der Waals surface area contributed by atoms with Crippen molar-refractivity contribution in [2.24, 2.45) is 5.73 Å². The molecule has 2 aliphatic rings. The number of nitrogens with one attached hydrogen (secondary N) is 3. The number of fused-ring (bicyclic) bond motifs is 1. The van der Waals surface area contributed by atoms with Crippen LogP contribution in [-0.2, 0) is 0 Å². The van der Waals surface area contributed by atoms with Crippen LogP contribution in [0, 0.1) is 0 Å². The van der Waals surface area contributed by atoms with Gasteiger partial charge in [0.1, 0.15) is 0 Å². The molecule has 1 unspecified atom stereocenters. The zero-order chi connectivity index (χ0) is 13.7. The molecule has 1 aromatic rings. The fraction of sp³-hybridized carbons (Fsp3) is 0.462. The van der Waals surface area contributed by atoms with Gasteiger partial charge in [-0.1, -0.05) is 6.07 Å². The van der Waals surface area contributed by atoms with Gasteiger partial charge >= 0.3 is 5.97 Å². The summed E-state index contributed by atoms with van der Waals surface area (Å²) in [6.07, 6.45) is 1.99. The number of hydrogen-bond acceptors (Lipinski definition) is 5.